The van der Waals surface area contributed by atoms with Crippen molar-refractivity contribution in [2.24, 2.45) is 0 Å². The Balaban J connectivity index is 0.000000236. The number of epoxide rings is 1. The minimum Gasteiger partial charge on any atom is -0.378 e. The van der Waals surface area contributed by atoms with Gasteiger partial charge in [0.25, 0.3) is 0 Å². The van der Waals surface area contributed by atoms with Crippen molar-refractivity contribution in [1.29, 1.82) is 0 Å². The summed E-state index contributed by atoms with van der Waals surface area (Å²) in [6.07, 6.45) is 11.7. The molecule has 3 aliphatic rings. The molecule has 3 unspecified atom stereocenters. The lowest BCUT2D eigenvalue weighted by Gasteiger charge is -2.20. The number of rotatable bonds is 1. The van der Waals surface area contributed by atoms with Crippen LogP contribution in [0.5, 0.6) is 0 Å². The van der Waals surface area contributed by atoms with E-state index in [1.807, 2.05) is 19.9 Å². The predicted octanol–water partition coefficient (Wildman–Crippen LogP) is 4.73. The van der Waals surface area contributed by atoms with Gasteiger partial charge >= 0.3 is 0 Å². The fraction of sp³-hybridized carbons (Fsp3) is 0.875. The van der Waals surface area contributed by atoms with Gasteiger partial charge in [-0.05, 0) is 32.6 Å². The first-order valence-electron chi connectivity index (χ1n) is 7.65. The molecule has 0 bridgehead atoms. The van der Waals surface area contributed by atoms with E-state index in [4.69, 9.17) is 9.47 Å². The topological polar surface area (TPSA) is 21.8 Å². The van der Waals surface area contributed by atoms with Crippen LogP contribution in [0.4, 0.5) is 0 Å². The molecule has 0 N–H and O–H groups in total. The van der Waals surface area contributed by atoms with E-state index < -0.39 is 0 Å². The predicted molar refractivity (Wildman–Crippen MR) is 79.0 cm³/mol. The van der Waals surface area contributed by atoms with Gasteiger partial charge in [0.1, 0.15) is 0 Å². The zero-order valence-electron chi connectivity index (χ0n) is 12.8. The highest BCUT2D eigenvalue weighted by molar-refractivity contribution is 4.87. The monoisotopic (exact) mass is 256 g/mol. The molecule has 3 fully saturated rings. The zero-order valence-corrected chi connectivity index (χ0v) is 12.8. The highest BCUT2D eigenvalue weighted by Crippen LogP contribution is 2.35. The molecule has 2 heteroatoms. The molecule has 108 valence electrons. The van der Waals surface area contributed by atoms with Crippen LogP contribution in [0.15, 0.2) is 12.7 Å². The molecule has 2 aliphatic heterocycles. The summed E-state index contributed by atoms with van der Waals surface area (Å²) in [4.78, 5) is 0. The minimum atomic E-state index is 0.565. The quantitative estimate of drug-likeness (QED) is 0.499. The summed E-state index contributed by atoms with van der Waals surface area (Å²) in [6.45, 7) is 12.6. The second kappa shape index (κ2) is 11.7. The van der Waals surface area contributed by atoms with Crippen LogP contribution in [-0.2, 0) is 9.47 Å². The van der Waals surface area contributed by atoms with Crippen LogP contribution in [0, 0.1) is 0 Å². The summed E-state index contributed by atoms with van der Waals surface area (Å²) in [6, 6.07) is 0. The van der Waals surface area contributed by atoms with E-state index in [1.54, 1.807) is 0 Å². The van der Waals surface area contributed by atoms with Gasteiger partial charge in [-0.2, -0.15) is 0 Å². The standard InChI is InChI=1S/C6H10O.C4H8O.C4H8.C2H6/c1-2-4-6-5(3-1)7-6;1-4-2-3-5-4;1-3-4-2;1-2/h5-6H,1-4H2;4H,2-3H2,1H3;3H,1,4H2,2H3;1-2H3. The molecule has 0 amide bonds. The van der Waals surface area contributed by atoms with E-state index in [0.29, 0.717) is 18.3 Å². The van der Waals surface area contributed by atoms with Gasteiger partial charge in [0.2, 0.25) is 0 Å². The molecule has 1 aliphatic carbocycles. The third-order valence-electron chi connectivity index (χ3n) is 3.13. The Kier molecular flexibility index (Phi) is 11.5. The van der Waals surface area contributed by atoms with Crippen molar-refractivity contribution < 1.29 is 9.47 Å². The zero-order chi connectivity index (χ0) is 13.8. The van der Waals surface area contributed by atoms with Crippen LogP contribution in [0.1, 0.15) is 66.2 Å². The average Bonchev–Trinajstić information content (AvgIpc) is 3.19. The van der Waals surface area contributed by atoms with Crippen LogP contribution >= 0.6 is 0 Å². The highest BCUT2D eigenvalue weighted by Gasteiger charge is 2.39. The molecule has 0 aromatic carbocycles. The first-order chi connectivity index (χ1) is 8.77. The third-order valence-corrected chi connectivity index (χ3v) is 3.13. The first kappa shape index (κ1) is 17.7. The van der Waals surface area contributed by atoms with Crippen LogP contribution < -0.4 is 0 Å². The Morgan fingerprint density at radius 2 is 1.50 bits per heavy atom. The van der Waals surface area contributed by atoms with E-state index in [-0.39, 0.29) is 0 Å². The molecule has 3 atom stereocenters. The lowest BCUT2D eigenvalue weighted by Crippen LogP contribution is -2.22. The van der Waals surface area contributed by atoms with Gasteiger partial charge in [-0.15, -0.1) is 6.58 Å². The van der Waals surface area contributed by atoms with Crippen LogP contribution in [0.25, 0.3) is 0 Å². The minimum absolute atomic E-state index is 0.565. The largest absolute Gasteiger partial charge is 0.378 e. The second-order valence-corrected chi connectivity index (χ2v) is 4.66. The SMILES string of the molecule is C1CCC2OC2C1.C=CCC.CC.CC1CCO1. The molecule has 0 radical (unpaired) electrons. The van der Waals surface area contributed by atoms with Gasteiger partial charge in [0, 0.05) is 6.61 Å². The summed E-state index contributed by atoms with van der Waals surface area (Å²) in [5.41, 5.74) is 0. The number of hydrogen-bond donors (Lipinski definition) is 0. The summed E-state index contributed by atoms with van der Waals surface area (Å²) in [7, 11) is 0. The highest BCUT2D eigenvalue weighted by atomic mass is 16.6. The van der Waals surface area contributed by atoms with Gasteiger partial charge in [0.15, 0.2) is 0 Å². The fourth-order valence-corrected chi connectivity index (χ4v) is 1.73. The Hall–Kier alpha value is -0.340. The van der Waals surface area contributed by atoms with Crippen molar-refractivity contribution in [1.82, 2.24) is 0 Å². The van der Waals surface area contributed by atoms with Gasteiger partial charge in [-0.1, -0.05) is 39.7 Å². The van der Waals surface area contributed by atoms with Gasteiger partial charge in [0.05, 0.1) is 18.3 Å². The maximum absolute atomic E-state index is 5.28. The Labute approximate surface area is 114 Å². The Morgan fingerprint density at radius 1 is 1.11 bits per heavy atom. The number of hydrogen-bond acceptors (Lipinski definition) is 2. The average molecular weight is 256 g/mol. The molecule has 2 saturated heterocycles. The maximum Gasteiger partial charge on any atom is 0.0841 e. The molecule has 18 heavy (non-hydrogen) atoms. The van der Waals surface area contributed by atoms with Crippen LogP contribution in [0.3, 0.4) is 0 Å². The smallest absolute Gasteiger partial charge is 0.0841 e. The number of ether oxygens (including phenoxy) is 2. The Morgan fingerprint density at radius 3 is 1.67 bits per heavy atom. The van der Waals surface area contributed by atoms with E-state index >= 15 is 0 Å². The normalized spacial score (nSPS) is 30.6. The van der Waals surface area contributed by atoms with Crippen LogP contribution in [-0.4, -0.2) is 24.9 Å². The molecule has 0 aromatic rings. The maximum atomic E-state index is 5.28. The third kappa shape index (κ3) is 8.71. The molecular formula is C16H32O2. The van der Waals surface area contributed by atoms with Crippen molar-refractivity contribution in [3.05, 3.63) is 12.7 Å². The molecule has 3 rings (SSSR count). The molecular weight excluding hydrogens is 224 g/mol. The summed E-state index contributed by atoms with van der Waals surface area (Å²) < 4.78 is 10.2. The lowest BCUT2D eigenvalue weighted by molar-refractivity contribution is -0.0375. The van der Waals surface area contributed by atoms with Gasteiger partial charge in [-0.25, -0.2) is 0 Å². The molecule has 1 saturated carbocycles. The molecule has 0 aromatic heterocycles. The van der Waals surface area contributed by atoms with Crippen molar-refractivity contribution in [3.8, 4) is 0 Å². The molecule has 0 spiro atoms. The van der Waals surface area contributed by atoms with Crippen molar-refractivity contribution in [2.45, 2.75) is 84.5 Å². The molecule has 2 heterocycles. The number of allylic oxidation sites excluding steroid dienone is 1. The second-order valence-electron chi connectivity index (χ2n) is 4.66. The van der Waals surface area contributed by atoms with Crippen molar-refractivity contribution in [3.63, 3.8) is 0 Å². The van der Waals surface area contributed by atoms with E-state index in [0.717, 1.165) is 13.0 Å². The molecule has 2 nitrogen and oxygen atoms in total. The lowest BCUT2D eigenvalue weighted by atomic mass is 10.0. The Bertz CT molecular complexity index is 178. The van der Waals surface area contributed by atoms with Gasteiger partial charge in [-0.3, -0.25) is 0 Å². The number of fused-ring (bicyclic) bond motifs is 1. The van der Waals surface area contributed by atoms with Gasteiger partial charge < -0.3 is 9.47 Å². The van der Waals surface area contributed by atoms with Crippen LogP contribution in [0.2, 0.25) is 0 Å². The fourth-order valence-electron chi connectivity index (χ4n) is 1.73. The van der Waals surface area contributed by atoms with E-state index in [9.17, 15) is 0 Å². The summed E-state index contributed by atoms with van der Waals surface area (Å²) in [5.74, 6) is 0. The van der Waals surface area contributed by atoms with Crippen molar-refractivity contribution >= 4 is 0 Å². The summed E-state index contributed by atoms with van der Waals surface area (Å²) in [5, 5.41) is 0. The summed E-state index contributed by atoms with van der Waals surface area (Å²) >= 11 is 0. The first-order valence-corrected chi connectivity index (χ1v) is 7.65. The van der Waals surface area contributed by atoms with E-state index in [2.05, 4.69) is 20.4 Å². The van der Waals surface area contributed by atoms with Crippen molar-refractivity contribution in [2.75, 3.05) is 6.61 Å². The van der Waals surface area contributed by atoms with E-state index in [1.165, 1.54) is 32.1 Å².